The van der Waals surface area contributed by atoms with Gasteiger partial charge in [-0.2, -0.15) is 0 Å². The van der Waals surface area contributed by atoms with Crippen molar-refractivity contribution in [3.8, 4) is 5.75 Å². The zero-order valence-electron chi connectivity index (χ0n) is 15.6. The van der Waals surface area contributed by atoms with Gasteiger partial charge in [0.2, 0.25) is 0 Å². The van der Waals surface area contributed by atoms with E-state index in [-0.39, 0.29) is 22.1 Å². The Morgan fingerprint density at radius 3 is 2.43 bits per heavy atom. The highest BCUT2D eigenvalue weighted by atomic mass is 35.5. The molecule has 1 fully saturated rings. The number of rotatable bonds is 5. The maximum atomic E-state index is 12.8. The molecule has 146 valence electrons. The van der Waals surface area contributed by atoms with Gasteiger partial charge in [0.05, 0.1) is 16.6 Å². The van der Waals surface area contributed by atoms with Crippen LogP contribution in [0.5, 0.6) is 5.75 Å². The molecule has 2 aromatic rings. The number of hydrogen-bond donors (Lipinski definition) is 2. The van der Waals surface area contributed by atoms with Gasteiger partial charge in [-0.1, -0.05) is 48.0 Å². The number of benzene rings is 2. The maximum absolute atomic E-state index is 12.8. The van der Waals surface area contributed by atoms with Gasteiger partial charge in [0.25, 0.3) is 11.7 Å². The number of likely N-dealkylation sites (N-methyl/N-ethyl adjacent to an activating group) is 1. The van der Waals surface area contributed by atoms with Crippen LogP contribution in [0, 0.1) is 0 Å². The van der Waals surface area contributed by atoms with Crippen LogP contribution in [0.15, 0.2) is 54.1 Å². The molecule has 28 heavy (non-hydrogen) atoms. The summed E-state index contributed by atoms with van der Waals surface area (Å²) >= 11 is 6.06. The summed E-state index contributed by atoms with van der Waals surface area (Å²) in [6, 6.07) is 12.3. The summed E-state index contributed by atoms with van der Waals surface area (Å²) in [6.45, 7) is 0.840. The van der Waals surface area contributed by atoms with Crippen LogP contribution in [0.1, 0.15) is 17.2 Å². The first kappa shape index (κ1) is 19.9. The van der Waals surface area contributed by atoms with Crippen molar-refractivity contribution in [2.75, 3.05) is 27.2 Å². The summed E-state index contributed by atoms with van der Waals surface area (Å²) in [5.41, 5.74) is 0.998. The molecular weight excluding hydrogens is 380 g/mol. The number of carbonyl (C=O) groups excluding carboxylic acids is 2. The topological polar surface area (TPSA) is 81.1 Å². The largest absolute Gasteiger partial charge is 0.507 e. The first-order chi connectivity index (χ1) is 13.3. The zero-order valence-corrected chi connectivity index (χ0v) is 16.3. The molecule has 2 N–H and O–H groups in total. The number of ketones is 1. The van der Waals surface area contributed by atoms with Crippen LogP contribution < -0.4 is 0 Å². The predicted molar refractivity (Wildman–Crippen MR) is 107 cm³/mol. The lowest BCUT2D eigenvalue weighted by Crippen LogP contribution is -2.35. The van der Waals surface area contributed by atoms with E-state index in [1.165, 1.54) is 17.0 Å². The van der Waals surface area contributed by atoms with Crippen LogP contribution in [-0.4, -0.2) is 58.9 Å². The summed E-state index contributed by atoms with van der Waals surface area (Å²) in [6.07, 6.45) is 0. The van der Waals surface area contributed by atoms with E-state index in [1.54, 1.807) is 36.4 Å². The second kappa shape index (κ2) is 8.04. The van der Waals surface area contributed by atoms with E-state index in [0.717, 1.165) is 0 Å². The van der Waals surface area contributed by atoms with Crippen molar-refractivity contribution in [3.05, 3.63) is 70.3 Å². The highest BCUT2D eigenvalue weighted by Gasteiger charge is 2.46. The Labute approximate surface area is 168 Å². The number of aliphatic hydroxyl groups excluding tert-OH is 1. The molecule has 1 heterocycles. The lowest BCUT2D eigenvalue weighted by Gasteiger charge is -2.26. The number of likely N-dealkylation sites (tertiary alicyclic amines) is 1. The van der Waals surface area contributed by atoms with Crippen LogP contribution in [0.3, 0.4) is 0 Å². The van der Waals surface area contributed by atoms with Gasteiger partial charge < -0.3 is 20.0 Å². The number of phenols is 1. The minimum atomic E-state index is -0.793. The van der Waals surface area contributed by atoms with E-state index in [4.69, 9.17) is 11.6 Å². The molecule has 0 radical (unpaired) electrons. The molecule has 1 aliphatic rings. The van der Waals surface area contributed by atoms with E-state index in [9.17, 15) is 19.8 Å². The summed E-state index contributed by atoms with van der Waals surface area (Å²) in [4.78, 5) is 28.9. The van der Waals surface area contributed by atoms with E-state index in [2.05, 4.69) is 0 Å². The smallest absolute Gasteiger partial charge is 0.295 e. The summed E-state index contributed by atoms with van der Waals surface area (Å²) in [5.74, 6) is -1.75. The van der Waals surface area contributed by atoms with Crippen molar-refractivity contribution >= 4 is 29.1 Å². The number of aliphatic hydroxyl groups is 1. The third-order valence-corrected chi connectivity index (χ3v) is 4.97. The molecule has 1 aliphatic heterocycles. The molecule has 0 bridgehead atoms. The van der Waals surface area contributed by atoms with Crippen molar-refractivity contribution in [2.24, 2.45) is 0 Å². The number of carbonyl (C=O) groups is 2. The van der Waals surface area contributed by atoms with E-state index < -0.39 is 17.7 Å². The van der Waals surface area contributed by atoms with Crippen LogP contribution in [-0.2, 0) is 9.59 Å². The van der Waals surface area contributed by atoms with Crippen LogP contribution in [0.4, 0.5) is 0 Å². The Kier molecular flexibility index (Phi) is 5.72. The molecular formula is C21H21ClN2O4. The van der Waals surface area contributed by atoms with Crippen LogP contribution >= 0.6 is 11.6 Å². The minimum Gasteiger partial charge on any atom is -0.507 e. The summed E-state index contributed by atoms with van der Waals surface area (Å²) in [7, 11) is 3.74. The second-order valence-corrected chi connectivity index (χ2v) is 7.28. The number of nitrogens with zero attached hydrogens (tertiary/aromatic N) is 2. The lowest BCUT2D eigenvalue weighted by atomic mass is 9.95. The lowest BCUT2D eigenvalue weighted by molar-refractivity contribution is -0.140. The molecule has 1 amide bonds. The van der Waals surface area contributed by atoms with Crippen LogP contribution in [0.25, 0.3) is 5.76 Å². The van der Waals surface area contributed by atoms with Gasteiger partial charge in [0, 0.05) is 18.7 Å². The van der Waals surface area contributed by atoms with Gasteiger partial charge in [-0.25, -0.2) is 0 Å². The molecule has 0 aromatic heterocycles. The van der Waals surface area contributed by atoms with Gasteiger partial charge in [0.15, 0.2) is 0 Å². The maximum Gasteiger partial charge on any atom is 0.295 e. The molecule has 3 rings (SSSR count). The van der Waals surface area contributed by atoms with Gasteiger partial charge in [0.1, 0.15) is 11.5 Å². The first-order valence-corrected chi connectivity index (χ1v) is 9.16. The van der Waals surface area contributed by atoms with Gasteiger partial charge in [-0.15, -0.1) is 0 Å². The molecule has 1 saturated heterocycles. The number of Topliss-reactive ketones (excluding diaryl/α,β-unsaturated/α-hetero) is 1. The van der Waals surface area contributed by atoms with Crippen molar-refractivity contribution in [3.63, 3.8) is 0 Å². The Morgan fingerprint density at radius 1 is 1.14 bits per heavy atom. The fourth-order valence-electron chi connectivity index (χ4n) is 3.21. The Morgan fingerprint density at radius 2 is 1.82 bits per heavy atom. The van der Waals surface area contributed by atoms with Crippen molar-refractivity contribution in [1.29, 1.82) is 0 Å². The molecule has 6 nitrogen and oxygen atoms in total. The highest BCUT2D eigenvalue weighted by Crippen LogP contribution is 2.40. The quantitative estimate of drug-likeness (QED) is 0.458. The summed E-state index contributed by atoms with van der Waals surface area (Å²) < 4.78 is 0. The molecule has 2 aromatic carbocycles. The molecule has 7 heteroatoms. The van der Waals surface area contributed by atoms with Crippen molar-refractivity contribution in [2.45, 2.75) is 6.04 Å². The van der Waals surface area contributed by atoms with Crippen molar-refractivity contribution < 1.29 is 19.8 Å². The number of aromatic hydroxyl groups is 1. The normalized spacial score (nSPS) is 18.9. The Hall–Kier alpha value is -2.83. The number of amides is 1. The Balaban J connectivity index is 2.16. The Bertz CT molecular complexity index is 941. The van der Waals surface area contributed by atoms with Gasteiger partial charge >= 0.3 is 0 Å². The monoisotopic (exact) mass is 400 g/mol. The van der Waals surface area contributed by atoms with E-state index in [1.807, 2.05) is 19.0 Å². The standard InChI is InChI=1S/C21H21ClN2O4/c1-23(2)10-11-24-18(14-8-9-16(25)15(22)12-14)17(20(27)21(24)28)19(26)13-6-4-3-5-7-13/h3-9,12,18,25-26H,10-11H2,1-2H3/b19-17-. The van der Waals surface area contributed by atoms with Gasteiger partial charge in [-0.3, -0.25) is 9.59 Å². The minimum absolute atomic E-state index is 0.0108. The highest BCUT2D eigenvalue weighted by molar-refractivity contribution is 6.46. The molecule has 0 saturated carbocycles. The molecule has 0 spiro atoms. The third-order valence-electron chi connectivity index (χ3n) is 4.66. The van der Waals surface area contributed by atoms with E-state index >= 15 is 0 Å². The fourth-order valence-corrected chi connectivity index (χ4v) is 3.40. The molecule has 0 aliphatic carbocycles. The molecule has 1 unspecified atom stereocenters. The van der Waals surface area contributed by atoms with Crippen molar-refractivity contribution in [1.82, 2.24) is 9.80 Å². The predicted octanol–water partition coefficient (Wildman–Crippen LogP) is 3.03. The summed E-state index contributed by atoms with van der Waals surface area (Å²) in [5, 5.41) is 20.7. The average Bonchev–Trinajstić information content (AvgIpc) is 2.93. The van der Waals surface area contributed by atoms with Crippen LogP contribution in [0.2, 0.25) is 5.02 Å². The first-order valence-electron chi connectivity index (χ1n) is 8.78. The second-order valence-electron chi connectivity index (χ2n) is 6.87. The average molecular weight is 401 g/mol. The molecule has 1 atom stereocenters. The fraction of sp³-hybridized carbons (Fsp3) is 0.238. The number of phenolic OH excluding ortho intramolecular Hbond substituents is 1. The number of halogens is 1. The third kappa shape index (κ3) is 3.74. The SMILES string of the molecule is CN(C)CCN1C(=O)C(=O)/C(=C(\O)c2ccccc2)C1c1ccc(O)c(Cl)c1. The van der Waals surface area contributed by atoms with Gasteiger partial charge in [-0.05, 0) is 31.8 Å². The zero-order chi connectivity index (χ0) is 20.4. The van der Waals surface area contributed by atoms with E-state index in [0.29, 0.717) is 24.2 Å². The number of hydrogen-bond acceptors (Lipinski definition) is 5.